The van der Waals surface area contributed by atoms with Crippen molar-refractivity contribution < 1.29 is 19.0 Å². The number of ether oxygens (including phenoxy) is 3. The molecule has 4 aromatic rings. The van der Waals surface area contributed by atoms with Gasteiger partial charge in [0.15, 0.2) is 11.5 Å². The molecule has 0 saturated heterocycles. The second-order valence-corrected chi connectivity index (χ2v) is 7.37. The van der Waals surface area contributed by atoms with Gasteiger partial charge in [0.25, 0.3) is 0 Å². The number of fused-ring (bicyclic) bond motifs is 1. The molecule has 4 rings (SSSR count). The first-order valence-corrected chi connectivity index (χ1v) is 10.2. The molecule has 8 heteroatoms. The number of carbonyl (C=O) groups is 1. The lowest BCUT2D eigenvalue weighted by molar-refractivity contribution is -0.105. The maximum Gasteiger partial charge on any atom is 0.211 e. The van der Waals surface area contributed by atoms with E-state index < -0.39 is 0 Å². The normalized spacial score (nSPS) is 10.1. The van der Waals surface area contributed by atoms with Crippen LogP contribution in [-0.2, 0) is 4.79 Å². The lowest BCUT2D eigenvalue weighted by Crippen LogP contribution is -1.95. The van der Waals surface area contributed by atoms with Gasteiger partial charge in [0.05, 0.1) is 21.3 Å². The third-order valence-corrected chi connectivity index (χ3v) is 5.34. The van der Waals surface area contributed by atoms with Gasteiger partial charge in [-0.3, -0.25) is 4.79 Å². The van der Waals surface area contributed by atoms with Crippen molar-refractivity contribution in [1.82, 2.24) is 9.97 Å². The van der Waals surface area contributed by atoms with Gasteiger partial charge in [-0.1, -0.05) is 23.5 Å². The second kappa shape index (κ2) is 10.4. The highest BCUT2D eigenvalue weighted by molar-refractivity contribution is 7.21. The number of aryl methyl sites for hydroxylation is 1. The molecular formula is C23H23N3O4S. The lowest BCUT2D eigenvalue weighted by Gasteiger charge is -2.12. The molecule has 160 valence electrons. The van der Waals surface area contributed by atoms with Gasteiger partial charge in [-0.2, -0.15) is 0 Å². The monoisotopic (exact) mass is 437 g/mol. The Balaban J connectivity index is 0.000000187. The Hall–Kier alpha value is -3.65. The quantitative estimate of drug-likeness (QED) is 0.430. The van der Waals surface area contributed by atoms with Gasteiger partial charge in [0, 0.05) is 17.4 Å². The van der Waals surface area contributed by atoms with E-state index in [4.69, 9.17) is 14.2 Å². The van der Waals surface area contributed by atoms with E-state index in [1.54, 1.807) is 27.5 Å². The summed E-state index contributed by atoms with van der Waals surface area (Å²) in [6.07, 6.45) is 2.42. The van der Waals surface area contributed by atoms with Crippen LogP contribution in [-0.4, -0.2) is 37.7 Å². The Labute approximate surface area is 184 Å². The van der Waals surface area contributed by atoms with Crippen LogP contribution in [0.15, 0.2) is 54.7 Å². The van der Waals surface area contributed by atoms with Crippen LogP contribution in [0.1, 0.15) is 5.56 Å². The summed E-state index contributed by atoms with van der Waals surface area (Å²) in [7, 11) is 4.81. The van der Waals surface area contributed by atoms with Crippen molar-refractivity contribution in [2.45, 2.75) is 6.92 Å². The van der Waals surface area contributed by atoms with E-state index in [1.165, 1.54) is 11.3 Å². The highest BCUT2D eigenvalue weighted by Gasteiger charge is 2.11. The third-order valence-electron chi connectivity index (χ3n) is 4.31. The fourth-order valence-electron chi connectivity index (χ4n) is 2.92. The van der Waals surface area contributed by atoms with Crippen molar-refractivity contribution in [3.63, 3.8) is 0 Å². The molecule has 1 N–H and O–H groups in total. The number of amides is 1. The zero-order valence-electron chi connectivity index (χ0n) is 17.7. The first-order chi connectivity index (χ1) is 15.1. The molecule has 0 spiro atoms. The van der Waals surface area contributed by atoms with Crippen molar-refractivity contribution in [1.29, 1.82) is 0 Å². The molecule has 0 bridgehead atoms. The number of aromatic nitrogens is 2. The van der Waals surface area contributed by atoms with Crippen molar-refractivity contribution in [2.75, 3.05) is 26.6 Å². The summed E-state index contributed by atoms with van der Waals surface area (Å²) in [5.41, 5.74) is 3.71. The van der Waals surface area contributed by atoms with Gasteiger partial charge in [-0.05, 0) is 48.9 Å². The van der Waals surface area contributed by atoms with Crippen LogP contribution >= 0.6 is 11.3 Å². The highest BCUT2D eigenvalue weighted by atomic mass is 32.1. The SMILES string of the molecule is COc1cc(C)cc(OC)c1OC.O=CNc1cccc(-c2nc3cccnc3s2)c1. The maximum absolute atomic E-state index is 10.4. The minimum atomic E-state index is 0.635. The van der Waals surface area contributed by atoms with E-state index in [2.05, 4.69) is 15.3 Å². The number of anilines is 1. The van der Waals surface area contributed by atoms with Crippen molar-refractivity contribution >= 4 is 33.8 Å². The van der Waals surface area contributed by atoms with E-state index in [-0.39, 0.29) is 0 Å². The summed E-state index contributed by atoms with van der Waals surface area (Å²) >= 11 is 1.54. The molecule has 1 amide bonds. The van der Waals surface area contributed by atoms with Gasteiger partial charge in [0.2, 0.25) is 12.2 Å². The van der Waals surface area contributed by atoms with Gasteiger partial charge < -0.3 is 19.5 Å². The molecule has 0 aliphatic rings. The third kappa shape index (κ3) is 5.29. The topological polar surface area (TPSA) is 82.6 Å². The minimum absolute atomic E-state index is 0.635. The van der Waals surface area contributed by atoms with Crippen molar-refractivity contribution in [3.05, 3.63) is 60.3 Å². The van der Waals surface area contributed by atoms with Crippen LogP contribution in [0, 0.1) is 6.92 Å². The van der Waals surface area contributed by atoms with E-state index in [0.717, 1.165) is 32.2 Å². The van der Waals surface area contributed by atoms with Crippen LogP contribution in [0.5, 0.6) is 17.2 Å². The molecule has 7 nitrogen and oxygen atoms in total. The van der Waals surface area contributed by atoms with Crippen LogP contribution in [0.3, 0.4) is 0 Å². The summed E-state index contributed by atoms with van der Waals surface area (Å²) in [6, 6.07) is 15.2. The molecule has 2 aromatic heterocycles. The highest BCUT2D eigenvalue weighted by Crippen LogP contribution is 2.37. The Bertz CT molecular complexity index is 1120. The van der Waals surface area contributed by atoms with Crippen molar-refractivity contribution in [3.8, 4) is 27.8 Å². The van der Waals surface area contributed by atoms with Gasteiger partial charge in [-0.25, -0.2) is 9.97 Å². The van der Waals surface area contributed by atoms with E-state index in [1.807, 2.05) is 55.5 Å². The predicted molar refractivity (Wildman–Crippen MR) is 123 cm³/mol. The van der Waals surface area contributed by atoms with Crippen molar-refractivity contribution in [2.24, 2.45) is 0 Å². The lowest BCUT2D eigenvalue weighted by atomic mass is 10.2. The largest absolute Gasteiger partial charge is 0.493 e. The summed E-state index contributed by atoms with van der Waals surface area (Å²) in [5.74, 6) is 2.02. The van der Waals surface area contributed by atoms with Crippen LogP contribution < -0.4 is 19.5 Å². The molecule has 31 heavy (non-hydrogen) atoms. The Morgan fingerprint density at radius 2 is 1.71 bits per heavy atom. The zero-order chi connectivity index (χ0) is 22.2. The molecule has 2 aromatic carbocycles. The summed E-state index contributed by atoms with van der Waals surface area (Å²) in [5, 5.41) is 3.53. The number of hydrogen-bond donors (Lipinski definition) is 1. The van der Waals surface area contributed by atoms with Crippen LogP contribution in [0.25, 0.3) is 20.9 Å². The molecule has 0 saturated carbocycles. The average Bonchev–Trinajstić information content (AvgIpc) is 3.23. The molecule has 0 aliphatic heterocycles. The Kier molecular flexibility index (Phi) is 7.40. The van der Waals surface area contributed by atoms with Gasteiger partial charge in [0.1, 0.15) is 15.4 Å². The summed E-state index contributed by atoms with van der Waals surface area (Å²) in [6.45, 7) is 1.98. The predicted octanol–water partition coefficient (Wildman–Crippen LogP) is 4.95. The molecule has 0 unspecified atom stereocenters. The second-order valence-electron chi connectivity index (χ2n) is 6.39. The average molecular weight is 438 g/mol. The van der Waals surface area contributed by atoms with Crippen LogP contribution in [0.4, 0.5) is 5.69 Å². The molecule has 0 radical (unpaired) electrons. The maximum atomic E-state index is 10.4. The Morgan fingerprint density at radius 1 is 0.968 bits per heavy atom. The number of benzene rings is 2. The number of thiazole rings is 1. The number of nitrogens with zero attached hydrogens (tertiary/aromatic N) is 2. The first-order valence-electron chi connectivity index (χ1n) is 9.38. The fourth-order valence-corrected chi connectivity index (χ4v) is 3.82. The van der Waals surface area contributed by atoms with E-state index in [0.29, 0.717) is 23.7 Å². The zero-order valence-corrected chi connectivity index (χ0v) is 18.5. The molecule has 2 heterocycles. The Morgan fingerprint density at radius 3 is 2.32 bits per heavy atom. The number of pyridine rings is 1. The standard InChI is InChI=1S/C13H9N3OS.C10H14O3/c17-8-15-10-4-1-3-9(7-10)12-16-11-5-2-6-14-13(11)18-12;1-7-5-8(11-2)10(13-4)9(6-7)12-3/h1-8H,(H,15,17);5-6H,1-4H3. The number of methoxy groups -OCH3 is 3. The van der Waals surface area contributed by atoms with E-state index >= 15 is 0 Å². The number of nitrogens with one attached hydrogen (secondary N) is 1. The summed E-state index contributed by atoms with van der Waals surface area (Å²) < 4.78 is 15.5. The first kappa shape index (κ1) is 22.0. The summed E-state index contributed by atoms with van der Waals surface area (Å²) in [4.78, 5) is 20.1. The number of hydrogen-bond acceptors (Lipinski definition) is 7. The molecule has 0 aliphatic carbocycles. The van der Waals surface area contributed by atoms with Gasteiger partial charge >= 0.3 is 0 Å². The fraction of sp³-hybridized carbons (Fsp3) is 0.174. The number of carbonyl (C=O) groups excluding carboxylic acids is 1. The molecule has 0 atom stereocenters. The smallest absolute Gasteiger partial charge is 0.211 e. The van der Waals surface area contributed by atoms with Gasteiger partial charge in [-0.15, -0.1) is 0 Å². The van der Waals surface area contributed by atoms with Crippen LogP contribution in [0.2, 0.25) is 0 Å². The molecule has 0 fully saturated rings. The van der Waals surface area contributed by atoms with E-state index in [9.17, 15) is 4.79 Å². The minimum Gasteiger partial charge on any atom is -0.493 e. The molecular weight excluding hydrogens is 414 g/mol. The number of rotatable bonds is 6.